The van der Waals surface area contributed by atoms with Gasteiger partial charge >= 0.3 is 0 Å². The average molecular weight is 369 g/mol. The molecule has 1 amide bonds. The average Bonchev–Trinajstić information content (AvgIpc) is 2.63. The van der Waals surface area contributed by atoms with E-state index in [2.05, 4.69) is 25.2 Å². The van der Waals surface area contributed by atoms with E-state index in [-0.39, 0.29) is 28.5 Å². The number of pyridine rings is 1. The van der Waals surface area contributed by atoms with Crippen molar-refractivity contribution in [2.75, 3.05) is 13.1 Å². The summed E-state index contributed by atoms with van der Waals surface area (Å²) < 4.78 is 0. The first kappa shape index (κ1) is 19.2. The molecule has 0 bridgehead atoms. The number of carbonyl (C=O) groups is 1. The summed E-state index contributed by atoms with van der Waals surface area (Å²) in [4.78, 5) is 38.4. The van der Waals surface area contributed by atoms with Crippen LogP contribution in [0.4, 0.5) is 0 Å². The number of amides is 1. The third-order valence-electron chi connectivity index (χ3n) is 4.79. The molecule has 7 heteroatoms. The minimum absolute atomic E-state index is 0.0684. The number of hydrogen-bond donors (Lipinski definition) is 2. The van der Waals surface area contributed by atoms with Gasteiger partial charge in [0.25, 0.3) is 11.5 Å². The highest BCUT2D eigenvalue weighted by molar-refractivity contribution is 5.93. The third-order valence-corrected chi connectivity index (χ3v) is 4.79. The molecule has 0 spiro atoms. The molecule has 2 aromatic rings. The van der Waals surface area contributed by atoms with Gasteiger partial charge in [-0.1, -0.05) is 26.8 Å². The van der Waals surface area contributed by atoms with E-state index in [9.17, 15) is 9.59 Å². The van der Waals surface area contributed by atoms with Crippen molar-refractivity contribution < 1.29 is 4.79 Å². The lowest BCUT2D eigenvalue weighted by molar-refractivity contribution is 0.0906. The van der Waals surface area contributed by atoms with Crippen LogP contribution in [0.25, 0.3) is 0 Å². The molecular formula is C20H27N5O2. The number of nitrogens with one attached hydrogen (secondary N) is 2. The summed E-state index contributed by atoms with van der Waals surface area (Å²) in [6.07, 6.45) is 4.89. The Morgan fingerprint density at radius 2 is 2.00 bits per heavy atom. The second-order valence-corrected chi connectivity index (χ2v) is 8.07. The standard InChI is InChI=1S/C20H27N5O2/c1-20(2,3)19-22-12-16(18(27)24-19)17(26)23-14-7-10-25(11-8-14)13-15-6-4-5-9-21-15/h4-6,9,12,14H,7-8,10-11,13H2,1-3H3,(H,23,26)(H,22,24,27). The summed E-state index contributed by atoms with van der Waals surface area (Å²) in [7, 11) is 0. The molecule has 2 N–H and O–H groups in total. The van der Waals surface area contributed by atoms with Gasteiger partial charge in [0.1, 0.15) is 11.4 Å². The van der Waals surface area contributed by atoms with Crippen molar-refractivity contribution >= 4 is 5.91 Å². The number of rotatable bonds is 4. The van der Waals surface area contributed by atoms with Gasteiger partial charge in [0.15, 0.2) is 0 Å². The van der Waals surface area contributed by atoms with Crippen LogP contribution in [0.2, 0.25) is 0 Å². The van der Waals surface area contributed by atoms with Crippen LogP contribution in [0, 0.1) is 0 Å². The maximum atomic E-state index is 12.5. The van der Waals surface area contributed by atoms with Gasteiger partial charge in [-0.2, -0.15) is 0 Å². The molecule has 3 rings (SSSR count). The van der Waals surface area contributed by atoms with Crippen LogP contribution in [0.3, 0.4) is 0 Å². The molecule has 7 nitrogen and oxygen atoms in total. The molecule has 0 aliphatic carbocycles. The van der Waals surface area contributed by atoms with Crippen molar-refractivity contribution in [1.29, 1.82) is 0 Å². The van der Waals surface area contributed by atoms with E-state index in [0.29, 0.717) is 5.82 Å². The Kier molecular flexibility index (Phi) is 5.70. The summed E-state index contributed by atoms with van der Waals surface area (Å²) in [6.45, 7) is 8.48. The lowest BCUT2D eigenvalue weighted by atomic mass is 9.96. The quantitative estimate of drug-likeness (QED) is 0.858. The van der Waals surface area contributed by atoms with E-state index in [1.807, 2.05) is 39.0 Å². The summed E-state index contributed by atoms with van der Waals surface area (Å²) >= 11 is 0. The van der Waals surface area contributed by atoms with Crippen molar-refractivity contribution in [3.05, 3.63) is 58.0 Å². The fourth-order valence-electron chi connectivity index (χ4n) is 3.16. The van der Waals surface area contributed by atoms with Gasteiger partial charge in [-0.3, -0.25) is 19.5 Å². The van der Waals surface area contributed by atoms with Gasteiger partial charge < -0.3 is 10.3 Å². The van der Waals surface area contributed by atoms with Crippen molar-refractivity contribution in [1.82, 2.24) is 25.2 Å². The molecule has 1 saturated heterocycles. The Hall–Kier alpha value is -2.54. The summed E-state index contributed by atoms with van der Waals surface area (Å²) in [5, 5.41) is 2.98. The zero-order valence-corrected chi connectivity index (χ0v) is 16.2. The molecule has 3 heterocycles. The van der Waals surface area contributed by atoms with Crippen molar-refractivity contribution in [2.24, 2.45) is 0 Å². The van der Waals surface area contributed by atoms with Crippen LogP contribution in [0.5, 0.6) is 0 Å². The number of likely N-dealkylation sites (tertiary alicyclic amines) is 1. The van der Waals surface area contributed by atoms with E-state index in [4.69, 9.17) is 0 Å². The molecule has 0 unspecified atom stereocenters. The van der Waals surface area contributed by atoms with E-state index < -0.39 is 0 Å². The Balaban J connectivity index is 1.54. The first-order valence-electron chi connectivity index (χ1n) is 9.36. The van der Waals surface area contributed by atoms with Crippen molar-refractivity contribution in [3.8, 4) is 0 Å². The Morgan fingerprint density at radius 3 is 2.59 bits per heavy atom. The highest BCUT2D eigenvalue weighted by Gasteiger charge is 2.24. The largest absolute Gasteiger partial charge is 0.349 e. The summed E-state index contributed by atoms with van der Waals surface area (Å²) in [5.74, 6) is 0.222. The van der Waals surface area contributed by atoms with Gasteiger partial charge in [0, 0.05) is 43.5 Å². The second-order valence-electron chi connectivity index (χ2n) is 8.07. The van der Waals surface area contributed by atoms with Crippen LogP contribution in [-0.4, -0.2) is 44.9 Å². The number of aromatic nitrogens is 3. The van der Waals surface area contributed by atoms with Crippen molar-refractivity contribution in [2.45, 2.75) is 51.6 Å². The normalized spacial score (nSPS) is 16.3. The highest BCUT2D eigenvalue weighted by atomic mass is 16.2. The highest BCUT2D eigenvalue weighted by Crippen LogP contribution is 2.16. The first-order valence-corrected chi connectivity index (χ1v) is 9.36. The maximum absolute atomic E-state index is 12.5. The number of carbonyl (C=O) groups excluding carboxylic acids is 1. The van der Waals surface area contributed by atoms with E-state index in [0.717, 1.165) is 38.2 Å². The first-order chi connectivity index (χ1) is 12.8. The third kappa shape index (κ3) is 5.01. The van der Waals surface area contributed by atoms with Gasteiger partial charge in [-0.15, -0.1) is 0 Å². The molecule has 1 fully saturated rings. The number of nitrogens with zero attached hydrogens (tertiary/aromatic N) is 3. The molecule has 1 aliphatic heterocycles. The smallest absolute Gasteiger partial charge is 0.263 e. The van der Waals surface area contributed by atoms with E-state index in [1.54, 1.807) is 6.20 Å². The second kappa shape index (κ2) is 8.00. The van der Waals surface area contributed by atoms with Crippen molar-refractivity contribution in [3.63, 3.8) is 0 Å². The fraction of sp³-hybridized carbons (Fsp3) is 0.500. The molecule has 0 radical (unpaired) electrons. The van der Waals surface area contributed by atoms with E-state index >= 15 is 0 Å². The lowest BCUT2D eigenvalue weighted by Gasteiger charge is -2.32. The van der Waals surface area contributed by atoms with Crippen LogP contribution in [0.15, 0.2) is 35.4 Å². The number of aromatic amines is 1. The molecule has 2 aromatic heterocycles. The molecule has 0 saturated carbocycles. The Morgan fingerprint density at radius 1 is 1.26 bits per heavy atom. The predicted octanol–water partition coefficient (Wildman–Crippen LogP) is 1.86. The maximum Gasteiger partial charge on any atom is 0.263 e. The van der Waals surface area contributed by atoms with Crippen LogP contribution in [-0.2, 0) is 12.0 Å². The summed E-state index contributed by atoms with van der Waals surface area (Å²) in [5.41, 5.74) is 0.463. The van der Waals surface area contributed by atoms with Gasteiger partial charge in [-0.05, 0) is 25.0 Å². The zero-order chi connectivity index (χ0) is 19.4. The molecule has 144 valence electrons. The predicted molar refractivity (Wildman–Crippen MR) is 104 cm³/mol. The van der Waals surface area contributed by atoms with E-state index in [1.165, 1.54) is 6.20 Å². The number of piperidine rings is 1. The molecule has 0 aromatic carbocycles. The summed E-state index contributed by atoms with van der Waals surface area (Å²) in [6, 6.07) is 6.00. The minimum atomic E-state index is -0.389. The van der Waals surface area contributed by atoms with Crippen LogP contribution >= 0.6 is 0 Å². The minimum Gasteiger partial charge on any atom is -0.349 e. The SMILES string of the molecule is CC(C)(C)c1ncc(C(=O)NC2CCN(Cc3ccccn3)CC2)c(=O)[nH]1. The topological polar surface area (TPSA) is 91.0 Å². The number of hydrogen-bond acceptors (Lipinski definition) is 5. The Labute approximate surface area is 159 Å². The van der Waals surface area contributed by atoms with Crippen LogP contribution < -0.4 is 10.9 Å². The molecule has 27 heavy (non-hydrogen) atoms. The molecule has 0 atom stereocenters. The van der Waals surface area contributed by atoms with Crippen LogP contribution in [0.1, 0.15) is 55.5 Å². The fourth-order valence-corrected chi connectivity index (χ4v) is 3.16. The Bertz CT molecular complexity index is 833. The molecule has 1 aliphatic rings. The zero-order valence-electron chi connectivity index (χ0n) is 16.2. The van der Waals surface area contributed by atoms with Gasteiger partial charge in [0.2, 0.25) is 0 Å². The molecular weight excluding hydrogens is 342 g/mol. The lowest BCUT2D eigenvalue weighted by Crippen LogP contribution is -2.45. The van der Waals surface area contributed by atoms with Gasteiger partial charge in [-0.25, -0.2) is 4.98 Å². The number of H-pyrrole nitrogens is 1. The monoisotopic (exact) mass is 369 g/mol. The van der Waals surface area contributed by atoms with Gasteiger partial charge in [0.05, 0.1) is 5.69 Å².